The summed E-state index contributed by atoms with van der Waals surface area (Å²) in [5, 5.41) is 0.0574. The van der Waals surface area contributed by atoms with Crippen molar-refractivity contribution in [2.45, 2.75) is 32.9 Å². The maximum Gasteiger partial charge on any atom is 0.147 e. The van der Waals surface area contributed by atoms with Gasteiger partial charge in [0.05, 0.1) is 17.2 Å². The van der Waals surface area contributed by atoms with Crippen LogP contribution in [0, 0.1) is 11.7 Å². The predicted molar refractivity (Wildman–Crippen MR) is 76.3 cm³/mol. The van der Waals surface area contributed by atoms with Gasteiger partial charge in [-0.15, -0.1) is 0 Å². The Bertz CT molecular complexity index is 414. The SMILES string of the molecule is CCOC(C(C)C)C(N)c1ccc(Br)c(Cl)c1F. The lowest BCUT2D eigenvalue weighted by molar-refractivity contribution is 0.0114. The van der Waals surface area contributed by atoms with E-state index in [2.05, 4.69) is 15.9 Å². The molecule has 0 saturated heterocycles. The van der Waals surface area contributed by atoms with Gasteiger partial charge in [0.1, 0.15) is 5.82 Å². The van der Waals surface area contributed by atoms with E-state index in [0.717, 1.165) is 0 Å². The fraction of sp³-hybridized carbons (Fsp3) is 0.538. The Balaban J connectivity index is 3.09. The van der Waals surface area contributed by atoms with Crippen LogP contribution >= 0.6 is 27.5 Å². The number of rotatable bonds is 5. The minimum atomic E-state index is -0.532. The van der Waals surface area contributed by atoms with Gasteiger partial charge >= 0.3 is 0 Å². The summed E-state index contributed by atoms with van der Waals surface area (Å²) in [6.45, 7) is 6.44. The van der Waals surface area contributed by atoms with Crippen LogP contribution in [-0.4, -0.2) is 12.7 Å². The molecule has 1 aromatic carbocycles. The normalized spacial score (nSPS) is 14.9. The van der Waals surface area contributed by atoms with E-state index < -0.39 is 11.9 Å². The molecule has 2 nitrogen and oxygen atoms in total. The van der Waals surface area contributed by atoms with Gasteiger partial charge in [0.2, 0.25) is 0 Å². The molecular formula is C13H18BrClFNO. The smallest absolute Gasteiger partial charge is 0.147 e. The van der Waals surface area contributed by atoms with E-state index in [0.29, 0.717) is 16.6 Å². The maximum atomic E-state index is 14.1. The molecule has 0 aromatic heterocycles. The molecule has 0 bridgehead atoms. The van der Waals surface area contributed by atoms with Crippen molar-refractivity contribution in [3.05, 3.63) is 33.0 Å². The Morgan fingerprint density at radius 3 is 2.56 bits per heavy atom. The lowest BCUT2D eigenvalue weighted by atomic mass is 9.94. The van der Waals surface area contributed by atoms with Crippen LogP contribution in [-0.2, 0) is 4.74 Å². The van der Waals surface area contributed by atoms with E-state index in [4.69, 9.17) is 22.1 Å². The first-order valence-corrected chi connectivity index (χ1v) is 7.07. The number of halogens is 3. The molecule has 0 aliphatic carbocycles. The van der Waals surface area contributed by atoms with Crippen molar-refractivity contribution in [3.8, 4) is 0 Å². The molecule has 0 heterocycles. The van der Waals surface area contributed by atoms with Crippen LogP contribution in [0.5, 0.6) is 0 Å². The largest absolute Gasteiger partial charge is 0.376 e. The van der Waals surface area contributed by atoms with Crippen LogP contribution in [0.2, 0.25) is 5.02 Å². The fourth-order valence-electron chi connectivity index (χ4n) is 1.88. The highest BCUT2D eigenvalue weighted by molar-refractivity contribution is 9.10. The van der Waals surface area contributed by atoms with Gasteiger partial charge in [-0.1, -0.05) is 31.5 Å². The van der Waals surface area contributed by atoms with Crippen molar-refractivity contribution in [2.24, 2.45) is 11.7 Å². The van der Waals surface area contributed by atoms with E-state index in [1.807, 2.05) is 20.8 Å². The zero-order valence-electron chi connectivity index (χ0n) is 10.7. The molecule has 1 aromatic rings. The molecule has 0 amide bonds. The van der Waals surface area contributed by atoms with Crippen LogP contribution in [0.15, 0.2) is 16.6 Å². The van der Waals surface area contributed by atoms with Crippen molar-refractivity contribution in [1.29, 1.82) is 0 Å². The minimum Gasteiger partial charge on any atom is -0.376 e. The highest BCUT2D eigenvalue weighted by atomic mass is 79.9. The second-order valence-corrected chi connectivity index (χ2v) is 5.69. The monoisotopic (exact) mass is 337 g/mol. The average molecular weight is 339 g/mol. The summed E-state index contributed by atoms with van der Waals surface area (Å²) in [7, 11) is 0. The summed E-state index contributed by atoms with van der Waals surface area (Å²) in [5.41, 5.74) is 6.49. The zero-order chi connectivity index (χ0) is 13.9. The van der Waals surface area contributed by atoms with Crippen LogP contribution in [0.25, 0.3) is 0 Å². The van der Waals surface area contributed by atoms with Crippen LogP contribution < -0.4 is 5.73 Å². The van der Waals surface area contributed by atoms with E-state index in [-0.39, 0.29) is 17.0 Å². The van der Waals surface area contributed by atoms with Crippen molar-refractivity contribution < 1.29 is 9.13 Å². The lowest BCUT2D eigenvalue weighted by Gasteiger charge is -2.28. The summed E-state index contributed by atoms with van der Waals surface area (Å²) in [6.07, 6.45) is -0.234. The number of benzene rings is 1. The Morgan fingerprint density at radius 2 is 2.06 bits per heavy atom. The first kappa shape index (κ1) is 15.9. The lowest BCUT2D eigenvalue weighted by Crippen LogP contribution is -2.34. The second-order valence-electron chi connectivity index (χ2n) is 4.45. The van der Waals surface area contributed by atoms with Crippen molar-refractivity contribution in [3.63, 3.8) is 0 Å². The molecule has 0 spiro atoms. The molecule has 0 fully saturated rings. The predicted octanol–water partition coefficient (Wildman–Crippen LogP) is 4.30. The van der Waals surface area contributed by atoms with E-state index in [1.54, 1.807) is 12.1 Å². The van der Waals surface area contributed by atoms with Gasteiger partial charge in [-0.25, -0.2) is 4.39 Å². The Hall–Kier alpha value is -0.160. The van der Waals surface area contributed by atoms with Gasteiger partial charge in [-0.05, 0) is 34.8 Å². The highest BCUT2D eigenvalue weighted by Gasteiger charge is 2.26. The Labute approximate surface area is 121 Å². The van der Waals surface area contributed by atoms with Gasteiger partial charge in [0, 0.05) is 16.6 Å². The molecule has 0 aliphatic heterocycles. The highest BCUT2D eigenvalue weighted by Crippen LogP contribution is 2.32. The summed E-state index contributed by atoms with van der Waals surface area (Å²) < 4.78 is 20.2. The first-order valence-electron chi connectivity index (χ1n) is 5.90. The summed E-state index contributed by atoms with van der Waals surface area (Å²) in [4.78, 5) is 0. The standard InChI is InChI=1S/C13H18BrClFNO/c1-4-18-13(7(2)3)12(17)8-5-6-9(14)10(15)11(8)16/h5-7,12-13H,4,17H2,1-3H3. The van der Waals surface area contributed by atoms with Gasteiger partial charge in [0.25, 0.3) is 0 Å². The number of hydrogen-bond acceptors (Lipinski definition) is 2. The second kappa shape index (κ2) is 6.85. The summed E-state index contributed by atoms with van der Waals surface area (Å²) in [5.74, 6) is -0.286. The summed E-state index contributed by atoms with van der Waals surface area (Å²) >= 11 is 9.05. The molecule has 1 rings (SSSR count). The third kappa shape index (κ3) is 3.44. The van der Waals surface area contributed by atoms with E-state index in [9.17, 15) is 4.39 Å². The number of hydrogen-bond donors (Lipinski definition) is 1. The van der Waals surface area contributed by atoms with Crippen LogP contribution in [0.4, 0.5) is 4.39 Å². The number of nitrogens with two attached hydrogens (primary N) is 1. The van der Waals surface area contributed by atoms with E-state index in [1.165, 1.54) is 0 Å². The van der Waals surface area contributed by atoms with Crippen LogP contribution in [0.3, 0.4) is 0 Å². The van der Waals surface area contributed by atoms with Gasteiger partial charge in [-0.2, -0.15) is 0 Å². The summed E-state index contributed by atoms with van der Waals surface area (Å²) in [6, 6.07) is 2.81. The third-order valence-corrected chi connectivity index (χ3v) is 4.05. The Kier molecular flexibility index (Phi) is 6.05. The molecule has 18 heavy (non-hydrogen) atoms. The quantitative estimate of drug-likeness (QED) is 0.812. The maximum absolute atomic E-state index is 14.1. The van der Waals surface area contributed by atoms with Crippen LogP contribution in [0.1, 0.15) is 32.4 Å². The van der Waals surface area contributed by atoms with Crippen molar-refractivity contribution >= 4 is 27.5 Å². The topological polar surface area (TPSA) is 35.2 Å². The fourth-order valence-corrected chi connectivity index (χ4v) is 2.36. The molecular weight excluding hydrogens is 321 g/mol. The van der Waals surface area contributed by atoms with Gasteiger partial charge in [0.15, 0.2) is 0 Å². The molecule has 0 saturated carbocycles. The molecule has 2 unspecified atom stereocenters. The molecule has 102 valence electrons. The van der Waals surface area contributed by atoms with Gasteiger partial charge < -0.3 is 10.5 Å². The average Bonchev–Trinajstić information content (AvgIpc) is 2.32. The third-order valence-electron chi connectivity index (χ3n) is 2.79. The zero-order valence-corrected chi connectivity index (χ0v) is 13.1. The first-order chi connectivity index (χ1) is 8.40. The molecule has 5 heteroatoms. The van der Waals surface area contributed by atoms with Crippen molar-refractivity contribution in [1.82, 2.24) is 0 Å². The Morgan fingerprint density at radius 1 is 1.44 bits per heavy atom. The minimum absolute atomic E-state index is 0.0574. The molecule has 2 atom stereocenters. The molecule has 2 N–H and O–H groups in total. The number of ether oxygens (including phenoxy) is 1. The van der Waals surface area contributed by atoms with E-state index >= 15 is 0 Å². The van der Waals surface area contributed by atoms with Gasteiger partial charge in [-0.3, -0.25) is 0 Å². The molecule has 0 radical (unpaired) electrons. The molecule has 0 aliphatic rings. The van der Waals surface area contributed by atoms with Crippen molar-refractivity contribution in [2.75, 3.05) is 6.61 Å².